The SMILES string of the molecule is CCCC1C(=O)NC(=O)CC12CCCC(CC(C)C)C2. The third kappa shape index (κ3) is 3.24. The van der Waals surface area contributed by atoms with Crippen LogP contribution in [0.15, 0.2) is 0 Å². The van der Waals surface area contributed by atoms with Crippen LogP contribution in [-0.4, -0.2) is 11.8 Å². The molecule has 3 atom stereocenters. The molecule has 3 heteroatoms. The van der Waals surface area contributed by atoms with Gasteiger partial charge in [-0.3, -0.25) is 14.9 Å². The molecule has 0 aromatic carbocycles. The molecule has 1 saturated heterocycles. The van der Waals surface area contributed by atoms with Gasteiger partial charge >= 0.3 is 0 Å². The van der Waals surface area contributed by atoms with Gasteiger partial charge in [-0.05, 0) is 42.9 Å². The molecular formula is C17H29NO2. The van der Waals surface area contributed by atoms with E-state index in [1.54, 1.807) is 0 Å². The van der Waals surface area contributed by atoms with Crippen molar-refractivity contribution in [3.8, 4) is 0 Å². The smallest absolute Gasteiger partial charge is 0.230 e. The van der Waals surface area contributed by atoms with Crippen molar-refractivity contribution in [2.24, 2.45) is 23.2 Å². The number of piperidine rings is 1. The minimum absolute atomic E-state index is 0.00621. The Labute approximate surface area is 122 Å². The lowest BCUT2D eigenvalue weighted by Crippen LogP contribution is -2.53. The Morgan fingerprint density at radius 3 is 2.75 bits per heavy atom. The summed E-state index contributed by atoms with van der Waals surface area (Å²) in [6, 6.07) is 0. The Balaban J connectivity index is 2.18. The van der Waals surface area contributed by atoms with Crippen molar-refractivity contribution in [2.75, 3.05) is 0 Å². The molecule has 3 nitrogen and oxygen atoms in total. The molecule has 0 aromatic heterocycles. The fourth-order valence-corrected chi connectivity index (χ4v) is 4.58. The molecule has 3 unspecified atom stereocenters. The van der Waals surface area contributed by atoms with Crippen molar-refractivity contribution >= 4 is 11.8 Å². The van der Waals surface area contributed by atoms with Gasteiger partial charge in [0.25, 0.3) is 0 Å². The fourth-order valence-electron chi connectivity index (χ4n) is 4.58. The number of nitrogens with one attached hydrogen (secondary N) is 1. The molecule has 1 spiro atoms. The van der Waals surface area contributed by atoms with Crippen molar-refractivity contribution in [2.45, 2.75) is 72.1 Å². The number of hydrogen-bond acceptors (Lipinski definition) is 2. The van der Waals surface area contributed by atoms with Crippen molar-refractivity contribution in [1.29, 1.82) is 0 Å². The van der Waals surface area contributed by atoms with Crippen molar-refractivity contribution in [3.05, 3.63) is 0 Å². The van der Waals surface area contributed by atoms with Gasteiger partial charge in [0.1, 0.15) is 0 Å². The second-order valence-corrected chi connectivity index (χ2v) is 7.38. The van der Waals surface area contributed by atoms with E-state index in [0.29, 0.717) is 18.3 Å². The third-order valence-electron chi connectivity index (χ3n) is 5.20. The zero-order valence-corrected chi connectivity index (χ0v) is 13.2. The molecule has 0 aromatic rings. The van der Waals surface area contributed by atoms with Crippen LogP contribution in [0.1, 0.15) is 72.1 Å². The second-order valence-electron chi connectivity index (χ2n) is 7.38. The molecule has 114 valence electrons. The van der Waals surface area contributed by atoms with Crippen LogP contribution in [0.5, 0.6) is 0 Å². The zero-order chi connectivity index (χ0) is 14.8. The fraction of sp³-hybridized carbons (Fsp3) is 0.882. The summed E-state index contributed by atoms with van der Waals surface area (Å²) >= 11 is 0. The average molecular weight is 279 g/mol. The summed E-state index contributed by atoms with van der Waals surface area (Å²) in [5, 5.41) is 2.56. The van der Waals surface area contributed by atoms with E-state index in [1.165, 1.54) is 19.3 Å². The van der Waals surface area contributed by atoms with E-state index in [1.807, 2.05) is 0 Å². The third-order valence-corrected chi connectivity index (χ3v) is 5.20. The van der Waals surface area contributed by atoms with Gasteiger partial charge in [0.2, 0.25) is 11.8 Å². The highest BCUT2D eigenvalue weighted by Crippen LogP contribution is 2.51. The molecule has 2 fully saturated rings. The molecule has 20 heavy (non-hydrogen) atoms. The molecule has 1 aliphatic heterocycles. The van der Waals surface area contributed by atoms with Crippen LogP contribution in [0.3, 0.4) is 0 Å². The largest absolute Gasteiger partial charge is 0.296 e. The predicted octanol–water partition coefficient (Wildman–Crippen LogP) is 3.67. The zero-order valence-electron chi connectivity index (χ0n) is 13.2. The van der Waals surface area contributed by atoms with Crippen LogP contribution in [0.2, 0.25) is 0 Å². The van der Waals surface area contributed by atoms with E-state index in [4.69, 9.17) is 0 Å². The molecule has 1 saturated carbocycles. The Hall–Kier alpha value is -0.860. The van der Waals surface area contributed by atoms with Crippen LogP contribution in [0.4, 0.5) is 0 Å². The van der Waals surface area contributed by atoms with E-state index in [0.717, 1.165) is 25.7 Å². The van der Waals surface area contributed by atoms with Gasteiger partial charge in [-0.25, -0.2) is 0 Å². The van der Waals surface area contributed by atoms with E-state index >= 15 is 0 Å². The average Bonchev–Trinajstić information content (AvgIpc) is 2.33. The van der Waals surface area contributed by atoms with E-state index < -0.39 is 0 Å². The van der Waals surface area contributed by atoms with Crippen molar-refractivity contribution in [1.82, 2.24) is 5.32 Å². The maximum absolute atomic E-state index is 12.3. The van der Waals surface area contributed by atoms with Gasteiger partial charge in [-0.15, -0.1) is 0 Å². The summed E-state index contributed by atoms with van der Waals surface area (Å²) in [6.45, 7) is 6.67. The topological polar surface area (TPSA) is 46.2 Å². The lowest BCUT2D eigenvalue weighted by Gasteiger charge is -2.48. The normalized spacial score (nSPS) is 34.6. The standard InChI is InChI=1S/C17H29NO2/c1-4-6-14-16(20)18-15(19)11-17(14)8-5-7-13(10-17)9-12(2)3/h12-14H,4-11H2,1-3H3,(H,18,19,20). The summed E-state index contributed by atoms with van der Waals surface area (Å²) < 4.78 is 0. The monoisotopic (exact) mass is 279 g/mol. The first-order valence-electron chi connectivity index (χ1n) is 8.30. The van der Waals surface area contributed by atoms with Gasteiger partial charge in [0.05, 0.1) is 0 Å². The minimum atomic E-state index is -0.0486. The molecule has 1 heterocycles. The second kappa shape index (κ2) is 6.28. The van der Waals surface area contributed by atoms with E-state index in [-0.39, 0.29) is 23.1 Å². The first-order valence-corrected chi connectivity index (χ1v) is 8.30. The molecule has 2 rings (SSSR count). The Bertz CT molecular complexity index is 377. The highest BCUT2D eigenvalue weighted by Gasteiger charge is 2.49. The van der Waals surface area contributed by atoms with E-state index in [2.05, 4.69) is 26.1 Å². The van der Waals surface area contributed by atoms with Gasteiger partial charge in [-0.1, -0.05) is 40.0 Å². The molecule has 0 radical (unpaired) electrons. The summed E-state index contributed by atoms with van der Waals surface area (Å²) in [6.07, 6.45) is 8.33. The Morgan fingerprint density at radius 2 is 2.10 bits per heavy atom. The molecule has 0 bridgehead atoms. The van der Waals surface area contributed by atoms with Crippen molar-refractivity contribution in [3.63, 3.8) is 0 Å². The maximum atomic E-state index is 12.3. The first-order chi connectivity index (χ1) is 9.47. The van der Waals surface area contributed by atoms with Crippen LogP contribution in [0, 0.1) is 23.2 Å². The summed E-state index contributed by atoms with van der Waals surface area (Å²) in [4.78, 5) is 24.2. The highest BCUT2D eigenvalue weighted by atomic mass is 16.2. The molecule has 1 N–H and O–H groups in total. The van der Waals surface area contributed by atoms with Crippen LogP contribution in [0.25, 0.3) is 0 Å². The van der Waals surface area contributed by atoms with Gasteiger partial charge < -0.3 is 0 Å². The van der Waals surface area contributed by atoms with E-state index in [9.17, 15) is 9.59 Å². The van der Waals surface area contributed by atoms with Gasteiger partial charge in [0.15, 0.2) is 0 Å². The molecule has 1 aliphatic carbocycles. The number of imide groups is 1. The van der Waals surface area contributed by atoms with Gasteiger partial charge in [-0.2, -0.15) is 0 Å². The van der Waals surface area contributed by atoms with Crippen LogP contribution < -0.4 is 5.32 Å². The lowest BCUT2D eigenvalue weighted by atomic mass is 9.58. The molecule has 2 aliphatic rings. The number of carbonyl (C=O) groups is 2. The maximum Gasteiger partial charge on any atom is 0.230 e. The molecule has 2 amide bonds. The summed E-state index contributed by atoms with van der Waals surface area (Å²) in [7, 11) is 0. The quantitative estimate of drug-likeness (QED) is 0.798. The number of rotatable bonds is 4. The number of hydrogen-bond donors (Lipinski definition) is 1. The van der Waals surface area contributed by atoms with Crippen molar-refractivity contribution < 1.29 is 9.59 Å². The molecular weight excluding hydrogens is 250 g/mol. The summed E-state index contributed by atoms with van der Waals surface area (Å²) in [5.41, 5.74) is -0.0345. The Morgan fingerprint density at radius 1 is 1.35 bits per heavy atom. The lowest BCUT2D eigenvalue weighted by molar-refractivity contribution is -0.147. The summed E-state index contributed by atoms with van der Waals surface area (Å²) in [5.74, 6) is 1.40. The number of amides is 2. The van der Waals surface area contributed by atoms with Crippen LogP contribution in [-0.2, 0) is 9.59 Å². The van der Waals surface area contributed by atoms with Crippen LogP contribution >= 0.6 is 0 Å². The highest BCUT2D eigenvalue weighted by molar-refractivity contribution is 5.99. The minimum Gasteiger partial charge on any atom is -0.296 e. The predicted molar refractivity (Wildman–Crippen MR) is 80.0 cm³/mol. The number of carbonyl (C=O) groups excluding carboxylic acids is 2. The first kappa shape index (κ1) is 15.5. The Kier molecular flexibility index (Phi) is 4.87. The van der Waals surface area contributed by atoms with Gasteiger partial charge in [0, 0.05) is 12.3 Å².